The summed E-state index contributed by atoms with van der Waals surface area (Å²) in [6.45, 7) is 0. The molecule has 7 nitrogen and oxygen atoms in total. The van der Waals surface area contributed by atoms with Gasteiger partial charge >= 0.3 is 6.03 Å². The molecular formula is C17H17N3O4S. The summed E-state index contributed by atoms with van der Waals surface area (Å²) in [5.74, 6) is 1.25. The number of rotatable bonds is 3. The van der Waals surface area contributed by atoms with Crippen molar-refractivity contribution in [3.63, 3.8) is 0 Å². The molecule has 8 heteroatoms. The predicted octanol–water partition coefficient (Wildman–Crippen LogP) is 1.76. The molecule has 2 heterocycles. The topological polar surface area (TPSA) is 102 Å². The molecular weight excluding hydrogens is 342 g/mol. The standard InChI is InChI=1S/C17H17N3O4S/c18-11-1-5-13(6-2-11)24-14-7-3-12(4-8-14)20-16-10-25(22,23)9-15(16)19-17(20)21/h1-8,15-16H,9-10,18H2,(H,19,21)/t15-,16-/m1/s1. The Morgan fingerprint density at radius 3 is 2.24 bits per heavy atom. The van der Waals surface area contributed by atoms with E-state index in [9.17, 15) is 13.2 Å². The molecule has 2 fully saturated rings. The summed E-state index contributed by atoms with van der Waals surface area (Å²) in [7, 11) is -3.11. The van der Waals surface area contributed by atoms with Gasteiger partial charge in [0.25, 0.3) is 0 Å². The molecule has 130 valence electrons. The summed E-state index contributed by atoms with van der Waals surface area (Å²) in [5.41, 5.74) is 6.94. The number of fused-ring (bicyclic) bond motifs is 1. The Morgan fingerprint density at radius 2 is 1.60 bits per heavy atom. The van der Waals surface area contributed by atoms with E-state index in [2.05, 4.69) is 5.32 Å². The fourth-order valence-corrected chi connectivity index (χ4v) is 5.15. The van der Waals surface area contributed by atoms with E-state index in [1.165, 1.54) is 4.90 Å². The number of hydrogen-bond donors (Lipinski definition) is 2. The van der Waals surface area contributed by atoms with Crippen molar-refractivity contribution in [2.75, 3.05) is 22.1 Å². The van der Waals surface area contributed by atoms with Crippen LogP contribution in [0.4, 0.5) is 16.2 Å². The summed E-state index contributed by atoms with van der Waals surface area (Å²) < 4.78 is 29.3. The number of nitrogens with two attached hydrogens (primary N) is 1. The summed E-state index contributed by atoms with van der Waals surface area (Å²) in [6.07, 6.45) is 0. The molecule has 0 aromatic heterocycles. The molecule has 0 radical (unpaired) electrons. The van der Waals surface area contributed by atoms with Crippen LogP contribution in [-0.2, 0) is 9.84 Å². The normalized spacial score (nSPS) is 24.0. The molecule has 0 bridgehead atoms. The molecule has 2 aliphatic rings. The van der Waals surface area contributed by atoms with Gasteiger partial charge in [0.15, 0.2) is 9.84 Å². The van der Waals surface area contributed by atoms with Crippen LogP contribution in [0.3, 0.4) is 0 Å². The van der Waals surface area contributed by atoms with E-state index in [0.717, 1.165) is 0 Å². The Hall–Kier alpha value is -2.74. The van der Waals surface area contributed by atoms with Crippen LogP contribution in [0.15, 0.2) is 48.5 Å². The molecule has 2 amide bonds. The van der Waals surface area contributed by atoms with Crippen molar-refractivity contribution in [2.24, 2.45) is 0 Å². The van der Waals surface area contributed by atoms with Crippen molar-refractivity contribution in [3.05, 3.63) is 48.5 Å². The lowest BCUT2D eigenvalue weighted by molar-refractivity contribution is 0.251. The van der Waals surface area contributed by atoms with Crippen LogP contribution < -0.4 is 20.7 Å². The Balaban J connectivity index is 1.53. The Morgan fingerprint density at radius 1 is 1.00 bits per heavy atom. The number of carbonyl (C=O) groups excluding carboxylic acids is 1. The number of benzene rings is 2. The van der Waals surface area contributed by atoms with Crippen LogP contribution in [-0.4, -0.2) is 38.0 Å². The fourth-order valence-electron chi connectivity index (χ4n) is 3.26. The van der Waals surface area contributed by atoms with Crippen molar-refractivity contribution in [1.82, 2.24) is 5.32 Å². The van der Waals surface area contributed by atoms with Gasteiger partial charge in [0.05, 0.1) is 23.6 Å². The first-order valence-electron chi connectivity index (χ1n) is 7.85. The van der Waals surface area contributed by atoms with Crippen LogP contribution in [0.2, 0.25) is 0 Å². The summed E-state index contributed by atoms with van der Waals surface area (Å²) >= 11 is 0. The van der Waals surface area contributed by atoms with Crippen molar-refractivity contribution in [2.45, 2.75) is 12.1 Å². The average Bonchev–Trinajstić information content (AvgIpc) is 3.00. The SMILES string of the molecule is Nc1ccc(Oc2ccc(N3C(=O)N[C@@H]4CS(=O)(=O)C[C@H]43)cc2)cc1. The zero-order valence-corrected chi connectivity index (χ0v) is 14.1. The van der Waals surface area contributed by atoms with Crippen molar-refractivity contribution in [1.29, 1.82) is 0 Å². The molecule has 2 atom stereocenters. The summed E-state index contributed by atoms with van der Waals surface area (Å²) in [6, 6.07) is 13.1. The highest BCUT2D eigenvalue weighted by Crippen LogP contribution is 2.31. The number of urea groups is 1. The van der Waals surface area contributed by atoms with Crippen LogP contribution >= 0.6 is 0 Å². The molecule has 0 unspecified atom stereocenters. The largest absolute Gasteiger partial charge is 0.457 e. The van der Waals surface area contributed by atoms with Gasteiger partial charge < -0.3 is 15.8 Å². The average molecular weight is 359 g/mol. The quantitative estimate of drug-likeness (QED) is 0.642. The highest BCUT2D eigenvalue weighted by Gasteiger charge is 2.49. The third-order valence-corrected chi connectivity index (χ3v) is 6.13. The molecule has 2 aromatic carbocycles. The Kier molecular flexibility index (Phi) is 3.57. The third kappa shape index (κ3) is 3.00. The first-order chi connectivity index (χ1) is 11.9. The highest BCUT2D eigenvalue weighted by molar-refractivity contribution is 7.91. The second kappa shape index (κ2) is 5.66. The maximum absolute atomic E-state index is 12.2. The second-order valence-corrected chi connectivity index (χ2v) is 8.39. The first-order valence-corrected chi connectivity index (χ1v) is 9.67. The van der Waals surface area contributed by atoms with E-state index < -0.39 is 9.84 Å². The Bertz CT molecular complexity index is 910. The molecule has 4 rings (SSSR count). The maximum atomic E-state index is 12.2. The zero-order valence-electron chi connectivity index (χ0n) is 13.3. The van der Waals surface area contributed by atoms with Crippen LogP contribution in [0.1, 0.15) is 0 Å². The van der Waals surface area contributed by atoms with E-state index in [-0.39, 0.29) is 29.6 Å². The predicted molar refractivity (Wildman–Crippen MR) is 94.6 cm³/mol. The maximum Gasteiger partial charge on any atom is 0.322 e. The van der Waals surface area contributed by atoms with Crippen molar-refractivity contribution in [3.8, 4) is 11.5 Å². The van der Waals surface area contributed by atoms with Crippen LogP contribution in [0, 0.1) is 0 Å². The second-order valence-electron chi connectivity index (χ2n) is 6.24. The van der Waals surface area contributed by atoms with Gasteiger partial charge in [-0.15, -0.1) is 0 Å². The third-order valence-electron chi connectivity index (χ3n) is 4.41. The number of nitrogens with one attached hydrogen (secondary N) is 1. The van der Waals surface area contributed by atoms with E-state index in [0.29, 0.717) is 22.9 Å². The number of sulfone groups is 1. The van der Waals surface area contributed by atoms with Gasteiger partial charge in [0.1, 0.15) is 11.5 Å². The van der Waals surface area contributed by atoms with Crippen LogP contribution in [0.25, 0.3) is 0 Å². The van der Waals surface area contributed by atoms with Gasteiger partial charge in [-0.05, 0) is 48.5 Å². The number of hydrogen-bond acceptors (Lipinski definition) is 5. The van der Waals surface area contributed by atoms with Gasteiger partial charge in [0.2, 0.25) is 0 Å². The lowest BCUT2D eigenvalue weighted by Crippen LogP contribution is -2.36. The fraction of sp³-hybridized carbons (Fsp3) is 0.235. The van der Waals surface area contributed by atoms with Gasteiger partial charge in [-0.2, -0.15) is 0 Å². The number of nitrogens with zero attached hydrogens (tertiary/aromatic N) is 1. The van der Waals surface area contributed by atoms with E-state index in [1.807, 2.05) is 0 Å². The van der Waals surface area contributed by atoms with Gasteiger partial charge in [-0.1, -0.05) is 0 Å². The van der Waals surface area contributed by atoms with Crippen LogP contribution in [0.5, 0.6) is 11.5 Å². The van der Waals surface area contributed by atoms with E-state index in [1.54, 1.807) is 48.5 Å². The summed E-state index contributed by atoms with van der Waals surface area (Å²) in [5, 5.41) is 2.74. The molecule has 2 aliphatic heterocycles. The molecule has 2 saturated heterocycles. The number of ether oxygens (including phenoxy) is 1. The zero-order chi connectivity index (χ0) is 17.6. The van der Waals surface area contributed by atoms with Crippen molar-refractivity contribution >= 4 is 27.2 Å². The van der Waals surface area contributed by atoms with E-state index >= 15 is 0 Å². The minimum Gasteiger partial charge on any atom is -0.457 e. The lowest BCUT2D eigenvalue weighted by atomic mass is 10.1. The Labute approximate surface area is 145 Å². The molecule has 3 N–H and O–H groups in total. The molecule has 0 saturated carbocycles. The molecule has 0 aliphatic carbocycles. The van der Waals surface area contributed by atoms with Gasteiger partial charge in [0, 0.05) is 11.4 Å². The number of nitrogen functional groups attached to an aromatic ring is 1. The minimum absolute atomic E-state index is 0.00175. The minimum atomic E-state index is -3.11. The molecule has 2 aromatic rings. The van der Waals surface area contributed by atoms with Crippen molar-refractivity contribution < 1.29 is 17.9 Å². The van der Waals surface area contributed by atoms with Gasteiger partial charge in [-0.25, -0.2) is 13.2 Å². The highest BCUT2D eigenvalue weighted by atomic mass is 32.2. The lowest BCUT2D eigenvalue weighted by Gasteiger charge is -2.21. The molecule has 25 heavy (non-hydrogen) atoms. The summed E-state index contributed by atoms with van der Waals surface area (Å²) in [4.78, 5) is 13.7. The smallest absolute Gasteiger partial charge is 0.322 e. The number of amides is 2. The monoisotopic (exact) mass is 359 g/mol. The number of carbonyl (C=O) groups is 1. The molecule has 0 spiro atoms. The first kappa shape index (κ1) is 15.8. The van der Waals surface area contributed by atoms with E-state index in [4.69, 9.17) is 10.5 Å². The number of anilines is 2. The van der Waals surface area contributed by atoms with Gasteiger partial charge in [-0.3, -0.25) is 4.90 Å².